The lowest BCUT2D eigenvalue weighted by Crippen LogP contribution is -2.43. The number of amides is 2. The second-order valence-corrected chi connectivity index (χ2v) is 6.92. The van der Waals surface area contributed by atoms with Gasteiger partial charge in [0.15, 0.2) is 0 Å². The van der Waals surface area contributed by atoms with Gasteiger partial charge in [0.05, 0.1) is 20.1 Å². The van der Waals surface area contributed by atoms with Crippen molar-refractivity contribution < 1.29 is 19.1 Å². The molecule has 0 radical (unpaired) electrons. The maximum absolute atomic E-state index is 12.7. The summed E-state index contributed by atoms with van der Waals surface area (Å²) in [6, 6.07) is 14.8. The molecule has 1 unspecified atom stereocenters. The van der Waals surface area contributed by atoms with Crippen LogP contribution in [-0.4, -0.2) is 44.0 Å². The Balaban J connectivity index is 1.62. The van der Waals surface area contributed by atoms with Crippen molar-refractivity contribution in [3.8, 4) is 11.5 Å². The zero-order valence-corrected chi connectivity index (χ0v) is 16.8. The van der Waals surface area contributed by atoms with Crippen LogP contribution in [0.2, 0.25) is 0 Å². The fraction of sp³-hybridized carbons (Fsp3) is 0.304. The molecule has 2 aromatic carbocycles. The van der Waals surface area contributed by atoms with E-state index in [2.05, 4.69) is 5.32 Å². The van der Waals surface area contributed by atoms with E-state index in [1.807, 2.05) is 42.5 Å². The first-order chi connectivity index (χ1) is 14.1. The van der Waals surface area contributed by atoms with Crippen molar-refractivity contribution in [2.75, 3.05) is 32.6 Å². The Bertz CT molecular complexity index is 880. The fourth-order valence-corrected chi connectivity index (χ4v) is 3.38. The van der Waals surface area contributed by atoms with Crippen molar-refractivity contribution in [1.29, 1.82) is 0 Å². The van der Waals surface area contributed by atoms with E-state index in [9.17, 15) is 9.59 Å². The highest BCUT2D eigenvalue weighted by atomic mass is 16.5. The first-order valence-electron chi connectivity index (χ1n) is 9.65. The Kier molecular flexibility index (Phi) is 6.89. The Morgan fingerprint density at radius 1 is 1.10 bits per heavy atom. The number of anilines is 1. The molecule has 2 amide bonds. The van der Waals surface area contributed by atoms with E-state index in [1.54, 1.807) is 31.3 Å². The number of benzene rings is 2. The topological polar surface area (TPSA) is 67.9 Å². The second kappa shape index (κ2) is 9.78. The molecular formula is C23H26N2O4. The number of methoxy groups -OCH3 is 2. The van der Waals surface area contributed by atoms with Gasteiger partial charge in [0, 0.05) is 36.5 Å². The first-order valence-corrected chi connectivity index (χ1v) is 9.65. The van der Waals surface area contributed by atoms with Crippen LogP contribution in [0.5, 0.6) is 11.5 Å². The molecule has 29 heavy (non-hydrogen) atoms. The molecule has 6 nitrogen and oxygen atoms in total. The number of nitrogens with one attached hydrogen (secondary N) is 1. The molecule has 0 aliphatic carbocycles. The number of nitrogens with zero attached hydrogens (tertiary/aromatic N) is 1. The van der Waals surface area contributed by atoms with Crippen LogP contribution in [-0.2, 0) is 9.59 Å². The maximum Gasteiger partial charge on any atom is 0.246 e. The van der Waals surface area contributed by atoms with Gasteiger partial charge in [-0.25, -0.2) is 0 Å². The number of ether oxygens (including phenoxy) is 2. The highest BCUT2D eigenvalue weighted by molar-refractivity contribution is 5.95. The summed E-state index contributed by atoms with van der Waals surface area (Å²) in [5.41, 5.74) is 1.56. The zero-order chi connectivity index (χ0) is 20.6. The molecule has 1 heterocycles. The van der Waals surface area contributed by atoms with E-state index in [0.717, 1.165) is 24.1 Å². The van der Waals surface area contributed by atoms with E-state index in [4.69, 9.17) is 9.47 Å². The molecule has 1 saturated heterocycles. The molecule has 1 aliphatic rings. The lowest BCUT2D eigenvalue weighted by molar-refractivity contribution is -0.130. The van der Waals surface area contributed by atoms with Crippen LogP contribution < -0.4 is 14.8 Å². The number of carbonyl (C=O) groups excluding carboxylic acids is 2. The van der Waals surface area contributed by atoms with Crippen LogP contribution >= 0.6 is 0 Å². The number of carbonyl (C=O) groups is 2. The Labute approximate surface area is 171 Å². The molecule has 0 aromatic heterocycles. The number of rotatable bonds is 6. The van der Waals surface area contributed by atoms with E-state index in [0.29, 0.717) is 24.6 Å². The predicted octanol–water partition coefficient (Wildman–Crippen LogP) is 3.59. The lowest BCUT2D eigenvalue weighted by Gasteiger charge is -2.31. The number of hydrogen-bond acceptors (Lipinski definition) is 4. The van der Waals surface area contributed by atoms with Crippen LogP contribution in [0.4, 0.5) is 5.69 Å². The molecule has 3 rings (SSSR count). The van der Waals surface area contributed by atoms with Gasteiger partial charge < -0.3 is 19.7 Å². The minimum Gasteiger partial charge on any atom is -0.497 e. The molecule has 1 aliphatic heterocycles. The summed E-state index contributed by atoms with van der Waals surface area (Å²) in [6.07, 6.45) is 4.84. The van der Waals surface area contributed by atoms with Crippen molar-refractivity contribution in [1.82, 2.24) is 4.90 Å². The smallest absolute Gasteiger partial charge is 0.246 e. The molecule has 1 N–H and O–H groups in total. The van der Waals surface area contributed by atoms with Crippen molar-refractivity contribution in [3.05, 3.63) is 60.2 Å². The van der Waals surface area contributed by atoms with Crippen LogP contribution in [0, 0.1) is 5.92 Å². The van der Waals surface area contributed by atoms with Crippen LogP contribution in [0.25, 0.3) is 6.08 Å². The van der Waals surface area contributed by atoms with Crippen molar-refractivity contribution in [2.45, 2.75) is 12.8 Å². The number of hydrogen-bond donors (Lipinski definition) is 1. The first kappa shape index (κ1) is 20.5. The van der Waals surface area contributed by atoms with Gasteiger partial charge in [-0.2, -0.15) is 0 Å². The van der Waals surface area contributed by atoms with E-state index in [-0.39, 0.29) is 17.7 Å². The number of likely N-dealkylation sites (tertiary alicyclic amines) is 1. The molecule has 1 fully saturated rings. The molecule has 2 aromatic rings. The molecule has 0 bridgehead atoms. The molecular weight excluding hydrogens is 368 g/mol. The van der Waals surface area contributed by atoms with E-state index < -0.39 is 0 Å². The average Bonchev–Trinajstić information content (AvgIpc) is 2.78. The lowest BCUT2D eigenvalue weighted by atomic mass is 9.97. The summed E-state index contributed by atoms with van der Waals surface area (Å²) in [5, 5.41) is 2.93. The summed E-state index contributed by atoms with van der Waals surface area (Å²) in [6.45, 7) is 1.07. The van der Waals surface area contributed by atoms with Crippen molar-refractivity contribution >= 4 is 23.6 Å². The molecule has 6 heteroatoms. The van der Waals surface area contributed by atoms with Gasteiger partial charge in [-0.05, 0) is 43.2 Å². The Hall–Kier alpha value is -3.28. The highest BCUT2D eigenvalue weighted by Crippen LogP contribution is 2.26. The third-order valence-corrected chi connectivity index (χ3v) is 4.99. The number of para-hydroxylation sites is 1. The normalized spacial score (nSPS) is 16.5. The fourth-order valence-electron chi connectivity index (χ4n) is 3.38. The minimum atomic E-state index is -0.211. The minimum absolute atomic E-state index is 0.0468. The van der Waals surface area contributed by atoms with Gasteiger partial charge in [0.1, 0.15) is 11.5 Å². The monoisotopic (exact) mass is 394 g/mol. The summed E-state index contributed by atoms with van der Waals surface area (Å²) in [4.78, 5) is 27.0. The van der Waals surface area contributed by atoms with E-state index in [1.165, 1.54) is 6.08 Å². The summed E-state index contributed by atoms with van der Waals surface area (Å²) >= 11 is 0. The average molecular weight is 394 g/mol. The van der Waals surface area contributed by atoms with Gasteiger partial charge in [-0.15, -0.1) is 0 Å². The Morgan fingerprint density at radius 3 is 2.62 bits per heavy atom. The van der Waals surface area contributed by atoms with Crippen LogP contribution in [0.15, 0.2) is 54.6 Å². The summed E-state index contributed by atoms with van der Waals surface area (Å²) in [5.74, 6) is 0.951. The third kappa shape index (κ3) is 5.38. The standard InChI is InChI=1S/C23H26N2O4/c1-28-20-12-10-17(21(15-20)29-2)11-13-22(26)25-14-6-7-18(16-25)23(27)24-19-8-4-3-5-9-19/h3-5,8-13,15,18H,6-7,14,16H2,1-2H3,(H,24,27). The molecule has 1 atom stereocenters. The second-order valence-electron chi connectivity index (χ2n) is 6.92. The largest absolute Gasteiger partial charge is 0.497 e. The predicted molar refractivity (Wildman–Crippen MR) is 113 cm³/mol. The van der Waals surface area contributed by atoms with Crippen LogP contribution in [0.3, 0.4) is 0 Å². The summed E-state index contributed by atoms with van der Waals surface area (Å²) < 4.78 is 10.6. The van der Waals surface area contributed by atoms with Crippen molar-refractivity contribution in [3.63, 3.8) is 0 Å². The molecule has 0 saturated carbocycles. The van der Waals surface area contributed by atoms with Gasteiger partial charge in [0.2, 0.25) is 11.8 Å². The van der Waals surface area contributed by atoms with Crippen molar-refractivity contribution in [2.24, 2.45) is 5.92 Å². The summed E-state index contributed by atoms with van der Waals surface area (Å²) in [7, 11) is 3.17. The Morgan fingerprint density at radius 2 is 1.90 bits per heavy atom. The third-order valence-electron chi connectivity index (χ3n) is 4.99. The van der Waals surface area contributed by atoms with E-state index >= 15 is 0 Å². The van der Waals surface area contributed by atoms with Gasteiger partial charge >= 0.3 is 0 Å². The quantitative estimate of drug-likeness (QED) is 0.761. The van der Waals surface area contributed by atoms with Gasteiger partial charge in [-0.1, -0.05) is 18.2 Å². The van der Waals surface area contributed by atoms with Gasteiger partial charge in [0.25, 0.3) is 0 Å². The maximum atomic E-state index is 12.7. The SMILES string of the molecule is COc1ccc(C=CC(=O)N2CCCC(C(=O)Nc3ccccc3)C2)c(OC)c1. The zero-order valence-electron chi connectivity index (χ0n) is 16.8. The molecule has 152 valence electrons. The van der Waals surface area contributed by atoms with Crippen LogP contribution in [0.1, 0.15) is 18.4 Å². The van der Waals surface area contributed by atoms with Gasteiger partial charge in [-0.3, -0.25) is 9.59 Å². The number of piperidine rings is 1. The highest BCUT2D eigenvalue weighted by Gasteiger charge is 2.27. The molecule has 0 spiro atoms.